The summed E-state index contributed by atoms with van der Waals surface area (Å²) in [5.74, 6) is -0.122. The van der Waals surface area contributed by atoms with Gasteiger partial charge in [-0.2, -0.15) is 0 Å². The average Bonchev–Trinajstić information content (AvgIpc) is 2.84. The monoisotopic (exact) mass is 268 g/mol. The molecule has 1 amide bonds. The number of amides is 1. The van der Waals surface area contributed by atoms with Gasteiger partial charge in [0.15, 0.2) is 0 Å². The first-order chi connectivity index (χ1) is 8.58. The number of anilines is 1. The summed E-state index contributed by atoms with van der Waals surface area (Å²) in [6.07, 6.45) is 2.20. The quantitative estimate of drug-likeness (QED) is 0.855. The van der Waals surface area contributed by atoms with Crippen molar-refractivity contribution in [3.8, 4) is 0 Å². The van der Waals surface area contributed by atoms with Crippen LogP contribution in [0, 0.1) is 0 Å². The predicted octanol–water partition coefficient (Wildman–Crippen LogP) is 2.17. The Hall–Kier alpha value is -1.26. The number of ether oxygens (including phenoxy) is 1. The van der Waals surface area contributed by atoms with Crippen molar-refractivity contribution in [2.45, 2.75) is 18.9 Å². The van der Waals surface area contributed by atoms with Gasteiger partial charge in [0.1, 0.15) is 0 Å². The molecule has 1 aliphatic heterocycles. The zero-order chi connectivity index (χ0) is 13.1. The summed E-state index contributed by atoms with van der Waals surface area (Å²) in [5, 5.41) is 0.424. The normalized spacial score (nSPS) is 18.9. The third-order valence-corrected chi connectivity index (χ3v) is 3.40. The molecular weight excluding hydrogens is 252 g/mol. The lowest BCUT2D eigenvalue weighted by Crippen LogP contribution is -2.34. The van der Waals surface area contributed by atoms with Crippen LogP contribution in [0.5, 0.6) is 0 Å². The van der Waals surface area contributed by atoms with E-state index in [4.69, 9.17) is 22.1 Å². The second-order valence-corrected chi connectivity index (χ2v) is 4.97. The number of halogens is 1. The van der Waals surface area contributed by atoms with Crippen LogP contribution in [-0.4, -0.2) is 37.1 Å². The number of carbonyl (C=O) groups excluding carboxylic acids is 1. The minimum Gasteiger partial charge on any atom is -0.399 e. The molecule has 1 heterocycles. The molecule has 1 unspecified atom stereocenters. The van der Waals surface area contributed by atoms with Gasteiger partial charge >= 0.3 is 0 Å². The molecule has 1 saturated heterocycles. The smallest absolute Gasteiger partial charge is 0.255 e. The van der Waals surface area contributed by atoms with Crippen molar-refractivity contribution in [1.29, 1.82) is 0 Å². The summed E-state index contributed by atoms with van der Waals surface area (Å²) in [7, 11) is 1.75. The largest absolute Gasteiger partial charge is 0.399 e. The molecule has 0 saturated carbocycles. The average molecular weight is 269 g/mol. The lowest BCUT2D eigenvalue weighted by atomic mass is 10.1. The van der Waals surface area contributed by atoms with Crippen molar-refractivity contribution >= 4 is 23.2 Å². The van der Waals surface area contributed by atoms with Crippen LogP contribution in [-0.2, 0) is 4.74 Å². The Bertz CT molecular complexity index is 445. The third kappa shape index (κ3) is 2.94. The number of carbonyl (C=O) groups is 1. The zero-order valence-electron chi connectivity index (χ0n) is 10.4. The highest BCUT2D eigenvalue weighted by Crippen LogP contribution is 2.21. The lowest BCUT2D eigenvalue weighted by molar-refractivity contribution is 0.0587. The van der Waals surface area contributed by atoms with Crippen molar-refractivity contribution in [2.75, 3.05) is 25.9 Å². The van der Waals surface area contributed by atoms with Crippen molar-refractivity contribution in [3.05, 3.63) is 28.8 Å². The van der Waals surface area contributed by atoms with Crippen LogP contribution >= 0.6 is 11.6 Å². The molecule has 1 atom stereocenters. The number of nitrogens with two attached hydrogens (primary N) is 1. The number of nitrogen functional groups attached to an aromatic ring is 1. The van der Waals surface area contributed by atoms with Gasteiger partial charge in [0.05, 0.1) is 16.7 Å². The Balaban J connectivity index is 2.07. The van der Waals surface area contributed by atoms with Gasteiger partial charge in [0.25, 0.3) is 5.91 Å². The highest BCUT2D eigenvalue weighted by atomic mass is 35.5. The van der Waals surface area contributed by atoms with Gasteiger partial charge in [-0.05, 0) is 31.0 Å². The van der Waals surface area contributed by atoms with E-state index >= 15 is 0 Å². The summed E-state index contributed by atoms with van der Waals surface area (Å²) in [4.78, 5) is 13.9. The first kappa shape index (κ1) is 13.2. The van der Waals surface area contributed by atoms with E-state index in [1.54, 1.807) is 30.1 Å². The van der Waals surface area contributed by atoms with Gasteiger partial charge in [0, 0.05) is 25.9 Å². The number of hydrogen-bond donors (Lipinski definition) is 1. The number of nitrogens with zero attached hydrogens (tertiary/aromatic N) is 1. The van der Waals surface area contributed by atoms with Crippen LogP contribution in [0.2, 0.25) is 5.02 Å². The topological polar surface area (TPSA) is 55.6 Å². The van der Waals surface area contributed by atoms with Crippen LogP contribution < -0.4 is 5.73 Å². The second kappa shape index (κ2) is 5.59. The Kier molecular flexibility index (Phi) is 4.09. The fourth-order valence-corrected chi connectivity index (χ4v) is 2.29. The van der Waals surface area contributed by atoms with Crippen molar-refractivity contribution in [1.82, 2.24) is 4.90 Å². The Morgan fingerprint density at radius 2 is 2.39 bits per heavy atom. The van der Waals surface area contributed by atoms with Crippen LogP contribution in [0.4, 0.5) is 5.69 Å². The summed E-state index contributed by atoms with van der Waals surface area (Å²) in [6, 6.07) is 4.93. The summed E-state index contributed by atoms with van der Waals surface area (Å²) in [6.45, 7) is 1.37. The van der Waals surface area contributed by atoms with Gasteiger partial charge < -0.3 is 15.4 Å². The lowest BCUT2D eigenvalue weighted by Gasteiger charge is -2.21. The molecule has 5 heteroatoms. The maximum absolute atomic E-state index is 12.2. The molecule has 1 fully saturated rings. The first-order valence-electron chi connectivity index (χ1n) is 6.00. The van der Waals surface area contributed by atoms with Crippen LogP contribution in [0.15, 0.2) is 18.2 Å². The van der Waals surface area contributed by atoms with Crippen LogP contribution in [0.1, 0.15) is 23.2 Å². The zero-order valence-corrected chi connectivity index (χ0v) is 11.1. The van der Waals surface area contributed by atoms with E-state index < -0.39 is 0 Å². The van der Waals surface area contributed by atoms with Gasteiger partial charge in [-0.3, -0.25) is 4.79 Å². The molecule has 18 heavy (non-hydrogen) atoms. The molecule has 2 rings (SSSR count). The molecule has 1 aromatic carbocycles. The molecule has 0 bridgehead atoms. The van der Waals surface area contributed by atoms with E-state index in [1.807, 2.05) is 0 Å². The number of benzene rings is 1. The van der Waals surface area contributed by atoms with Crippen molar-refractivity contribution in [3.63, 3.8) is 0 Å². The number of rotatable bonds is 3. The minimum absolute atomic E-state index is 0.122. The third-order valence-electron chi connectivity index (χ3n) is 3.07. The van der Waals surface area contributed by atoms with Crippen LogP contribution in [0.25, 0.3) is 0 Å². The molecule has 2 N–H and O–H groups in total. The standard InChI is InChI=1S/C13H17ClN2O2/c1-16(8-10-3-2-6-18-10)13(17)11-7-9(15)4-5-12(11)14/h4-5,7,10H,2-3,6,8,15H2,1H3. The molecule has 0 radical (unpaired) electrons. The Morgan fingerprint density at radius 3 is 3.06 bits per heavy atom. The molecule has 0 aromatic heterocycles. The predicted molar refractivity (Wildman–Crippen MR) is 71.8 cm³/mol. The molecule has 4 nitrogen and oxygen atoms in total. The fraction of sp³-hybridized carbons (Fsp3) is 0.462. The molecule has 0 spiro atoms. The maximum atomic E-state index is 12.2. The van der Waals surface area contributed by atoms with E-state index in [0.29, 0.717) is 22.8 Å². The maximum Gasteiger partial charge on any atom is 0.255 e. The molecule has 1 aromatic rings. The van der Waals surface area contributed by atoms with Gasteiger partial charge in [-0.1, -0.05) is 11.6 Å². The van der Waals surface area contributed by atoms with Crippen molar-refractivity contribution < 1.29 is 9.53 Å². The first-order valence-corrected chi connectivity index (χ1v) is 6.38. The van der Waals surface area contributed by atoms with E-state index in [-0.39, 0.29) is 12.0 Å². The highest BCUT2D eigenvalue weighted by molar-refractivity contribution is 6.33. The van der Waals surface area contributed by atoms with E-state index in [9.17, 15) is 4.79 Å². The van der Waals surface area contributed by atoms with E-state index in [1.165, 1.54) is 0 Å². The van der Waals surface area contributed by atoms with Gasteiger partial charge in [-0.25, -0.2) is 0 Å². The number of hydrogen-bond acceptors (Lipinski definition) is 3. The summed E-state index contributed by atoms with van der Waals surface area (Å²) >= 11 is 6.02. The van der Waals surface area contributed by atoms with E-state index in [2.05, 4.69) is 0 Å². The SMILES string of the molecule is CN(CC1CCCO1)C(=O)c1cc(N)ccc1Cl. The highest BCUT2D eigenvalue weighted by Gasteiger charge is 2.22. The number of likely N-dealkylation sites (N-methyl/N-ethyl adjacent to an activating group) is 1. The molecule has 98 valence electrons. The van der Waals surface area contributed by atoms with Crippen LogP contribution in [0.3, 0.4) is 0 Å². The fourth-order valence-electron chi connectivity index (χ4n) is 2.09. The molecule has 1 aliphatic rings. The molecular formula is C13H17ClN2O2. The Morgan fingerprint density at radius 1 is 1.61 bits per heavy atom. The summed E-state index contributed by atoms with van der Waals surface area (Å²) in [5.41, 5.74) is 6.65. The Labute approximate surface area is 112 Å². The molecule has 0 aliphatic carbocycles. The van der Waals surface area contributed by atoms with E-state index in [0.717, 1.165) is 19.4 Å². The second-order valence-electron chi connectivity index (χ2n) is 4.56. The summed E-state index contributed by atoms with van der Waals surface area (Å²) < 4.78 is 5.51. The minimum atomic E-state index is -0.122. The van der Waals surface area contributed by atoms with Crippen molar-refractivity contribution in [2.24, 2.45) is 0 Å². The van der Waals surface area contributed by atoms with Gasteiger partial charge in [0.2, 0.25) is 0 Å². The van der Waals surface area contributed by atoms with Gasteiger partial charge in [-0.15, -0.1) is 0 Å².